The standard InChI is InChI=1S/C30H38O8/c1-4-5-6-7-8-15-20-33-30(3)37-26-25(36-28(32)23-18-13-10-14-19-23)24(21(2)34-29(26)38-30)35-27(31)22-16-11-9-12-17-22/h9-14,16-19,21,24-26,29H,4-8,15,20H2,1-3H3/t21-,24-,25+,26+,29+,30?/m0/s1. The molecule has 0 aromatic heterocycles. The molecule has 0 N–H and O–H groups in total. The van der Waals surface area contributed by atoms with Crippen molar-refractivity contribution in [3.05, 3.63) is 71.8 Å². The van der Waals surface area contributed by atoms with E-state index in [-0.39, 0.29) is 0 Å². The molecule has 2 aliphatic rings. The Kier molecular flexibility index (Phi) is 9.91. The third kappa shape index (κ3) is 7.20. The monoisotopic (exact) mass is 526 g/mol. The molecule has 8 nitrogen and oxygen atoms in total. The number of carbonyl (C=O) groups is 2. The number of ether oxygens (including phenoxy) is 6. The molecule has 0 saturated carbocycles. The SMILES string of the molecule is CCCCCCCCOC1(C)O[C@H]2O[C@@H](C)[C@H](OC(=O)c3ccccc3)[C@@H](OC(=O)c3ccccc3)[C@H]2O1. The normalized spacial score (nSPS) is 28.4. The van der Waals surface area contributed by atoms with E-state index in [0.29, 0.717) is 17.7 Å². The van der Waals surface area contributed by atoms with E-state index >= 15 is 0 Å². The Labute approximate surface area is 224 Å². The highest BCUT2D eigenvalue weighted by Gasteiger charge is 2.58. The van der Waals surface area contributed by atoms with Crippen LogP contribution in [0.15, 0.2) is 60.7 Å². The molecular weight excluding hydrogens is 488 g/mol. The van der Waals surface area contributed by atoms with Gasteiger partial charge < -0.3 is 23.7 Å². The first kappa shape index (κ1) is 28.2. The maximum absolute atomic E-state index is 13.1. The van der Waals surface area contributed by atoms with Crippen LogP contribution in [0.3, 0.4) is 0 Å². The fourth-order valence-corrected chi connectivity index (χ4v) is 4.72. The first-order valence-electron chi connectivity index (χ1n) is 13.6. The Morgan fingerprint density at radius 1 is 0.789 bits per heavy atom. The van der Waals surface area contributed by atoms with Gasteiger partial charge in [0, 0.05) is 6.92 Å². The first-order valence-corrected chi connectivity index (χ1v) is 13.6. The number of fused-ring (bicyclic) bond motifs is 1. The quantitative estimate of drug-likeness (QED) is 0.259. The van der Waals surface area contributed by atoms with E-state index in [2.05, 4.69) is 6.92 Å². The summed E-state index contributed by atoms with van der Waals surface area (Å²) < 4.78 is 36.0. The van der Waals surface area contributed by atoms with Crippen molar-refractivity contribution in [3.8, 4) is 0 Å². The summed E-state index contributed by atoms with van der Waals surface area (Å²) in [6, 6.07) is 17.3. The summed E-state index contributed by atoms with van der Waals surface area (Å²) in [5.74, 6) is -2.49. The zero-order valence-electron chi connectivity index (χ0n) is 22.4. The van der Waals surface area contributed by atoms with Crippen molar-refractivity contribution < 1.29 is 38.0 Å². The molecule has 206 valence electrons. The van der Waals surface area contributed by atoms with Crippen LogP contribution in [0.1, 0.15) is 80.0 Å². The van der Waals surface area contributed by atoms with Gasteiger partial charge in [-0.05, 0) is 37.6 Å². The number of rotatable bonds is 12. The van der Waals surface area contributed by atoms with Gasteiger partial charge in [-0.3, -0.25) is 4.74 Å². The number of benzene rings is 2. The lowest BCUT2D eigenvalue weighted by Crippen LogP contribution is -2.58. The summed E-state index contributed by atoms with van der Waals surface area (Å²) in [5.41, 5.74) is 0.753. The van der Waals surface area contributed by atoms with E-state index in [0.717, 1.165) is 19.3 Å². The predicted octanol–water partition coefficient (Wildman–Crippen LogP) is 5.65. The van der Waals surface area contributed by atoms with Gasteiger partial charge in [-0.1, -0.05) is 75.4 Å². The number of carbonyl (C=O) groups excluding carboxylic acids is 2. The van der Waals surface area contributed by atoms with Crippen LogP contribution < -0.4 is 0 Å². The van der Waals surface area contributed by atoms with Crippen molar-refractivity contribution >= 4 is 11.9 Å². The number of unbranched alkanes of at least 4 members (excludes halogenated alkanes) is 5. The Hall–Kier alpha value is -2.78. The molecule has 38 heavy (non-hydrogen) atoms. The lowest BCUT2D eigenvalue weighted by molar-refractivity contribution is -0.343. The molecule has 6 atom stereocenters. The molecule has 0 amide bonds. The highest BCUT2D eigenvalue weighted by molar-refractivity contribution is 5.90. The van der Waals surface area contributed by atoms with E-state index in [9.17, 15) is 9.59 Å². The number of esters is 2. The van der Waals surface area contributed by atoms with E-state index < -0.39 is 48.6 Å². The van der Waals surface area contributed by atoms with E-state index in [1.54, 1.807) is 62.4 Å². The van der Waals surface area contributed by atoms with Crippen molar-refractivity contribution in [1.29, 1.82) is 0 Å². The fraction of sp³-hybridized carbons (Fsp3) is 0.533. The van der Waals surface area contributed by atoms with Gasteiger partial charge in [0.05, 0.1) is 23.8 Å². The molecule has 0 aliphatic carbocycles. The number of hydrogen-bond acceptors (Lipinski definition) is 8. The van der Waals surface area contributed by atoms with Gasteiger partial charge in [0.15, 0.2) is 24.6 Å². The lowest BCUT2D eigenvalue weighted by Gasteiger charge is -2.40. The van der Waals surface area contributed by atoms with Crippen LogP contribution in [0.5, 0.6) is 0 Å². The molecule has 8 heteroatoms. The summed E-state index contributed by atoms with van der Waals surface area (Å²) in [5, 5.41) is 0. The molecule has 0 radical (unpaired) electrons. The van der Waals surface area contributed by atoms with Crippen LogP contribution in [0.2, 0.25) is 0 Å². The van der Waals surface area contributed by atoms with Crippen molar-refractivity contribution in [2.75, 3.05) is 6.61 Å². The van der Waals surface area contributed by atoms with Gasteiger partial charge in [-0.15, -0.1) is 0 Å². The Morgan fingerprint density at radius 2 is 1.34 bits per heavy atom. The van der Waals surface area contributed by atoms with E-state index in [1.807, 2.05) is 12.1 Å². The van der Waals surface area contributed by atoms with Crippen LogP contribution in [-0.2, 0) is 28.4 Å². The van der Waals surface area contributed by atoms with Gasteiger partial charge in [0.25, 0.3) is 5.97 Å². The molecule has 2 saturated heterocycles. The lowest BCUT2D eigenvalue weighted by atomic mass is 9.99. The molecule has 0 spiro atoms. The van der Waals surface area contributed by atoms with Crippen molar-refractivity contribution in [1.82, 2.24) is 0 Å². The molecule has 2 aliphatic heterocycles. The van der Waals surface area contributed by atoms with Crippen molar-refractivity contribution in [2.45, 2.75) is 96.0 Å². The number of hydrogen-bond donors (Lipinski definition) is 0. The predicted molar refractivity (Wildman–Crippen MR) is 139 cm³/mol. The Bertz CT molecular complexity index is 1030. The van der Waals surface area contributed by atoms with Crippen LogP contribution >= 0.6 is 0 Å². The molecule has 1 unspecified atom stereocenters. The summed E-state index contributed by atoms with van der Waals surface area (Å²) in [6.45, 7) is 6.08. The highest BCUT2D eigenvalue weighted by atomic mass is 16.9. The highest BCUT2D eigenvalue weighted by Crippen LogP contribution is 2.40. The Morgan fingerprint density at radius 3 is 1.95 bits per heavy atom. The van der Waals surface area contributed by atoms with Gasteiger partial charge >= 0.3 is 11.9 Å². The molecule has 4 rings (SSSR count). The first-order chi connectivity index (χ1) is 18.4. The molecule has 2 aromatic carbocycles. The van der Waals surface area contributed by atoms with Crippen LogP contribution in [-0.4, -0.2) is 55.2 Å². The minimum Gasteiger partial charge on any atom is -0.452 e. The van der Waals surface area contributed by atoms with Gasteiger partial charge in [0.2, 0.25) is 0 Å². The van der Waals surface area contributed by atoms with Gasteiger partial charge in [0.1, 0.15) is 0 Å². The fourth-order valence-electron chi connectivity index (χ4n) is 4.72. The average molecular weight is 527 g/mol. The Balaban J connectivity index is 1.47. The van der Waals surface area contributed by atoms with Crippen LogP contribution in [0.4, 0.5) is 0 Å². The van der Waals surface area contributed by atoms with Gasteiger partial charge in [-0.2, -0.15) is 0 Å². The second-order valence-corrected chi connectivity index (χ2v) is 9.86. The maximum Gasteiger partial charge on any atom is 0.338 e. The molecular formula is C30H38O8. The third-order valence-electron chi connectivity index (χ3n) is 6.78. The third-order valence-corrected chi connectivity index (χ3v) is 6.78. The summed E-state index contributed by atoms with van der Waals surface area (Å²) in [4.78, 5) is 26.0. The zero-order valence-corrected chi connectivity index (χ0v) is 22.4. The minimum atomic E-state index is -1.38. The van der Waals surface area contributed by atoms with E-state index in [1.165, 1.54) is 19.3 Å². The van der Waals surface area contributed by atoms with Gasteiger partial charge in [-0.25, -0.2) is 9.59 Å². The zero-order chi connectivity index (χ0) is 27.0. The molecule has 0 bridgehead atoms. The summed E-state index contributed by atoms with van der Waals surface area (Å²) >= 11 is 0. The smallest absolute Gasteiger partial charge is 0.338 e. The van der Waals surface area contributed by atoms with Crippen LogP contribution in [0, 0.1) is 0 Å². The molecule has 2 heterocycles. The molecule has 2 fully saturated rings. The topological polar surface area (TPSA) is 89.5 Å². The average Bonchev–Trinajstić information content (AvgIpc) is 3.26. The van der Waals surface area contributed by atoms with Crippen LogP contribution in [0.25, 0.3) is 0 Å². The summed E-state index contributed by atoms with van der Waals surface area (Å²) in [6.07, 6.45) is 2.49. The largest absolute Gasteiger partial charge is 0.452 e. The second-order valence-electron chi connectivity index (χ2n) is 9.86. The second kappa shape index (κ2) is 13.3. The van der Waals surface area contributed by atoms with Crippen molar-refractivity contribution in [3.63, 3.8) is 0 Å². The molecule has 2 aromatic rings. The summed E-state index contributed by atoms with van der Waals surface area (Å²) in [7, 11) is 0. The van der Waals surface area contributed by atoms with Crippen molar-refractivity contribution in [2.24, 2.45) is 0 Å². The maximum atomic E-state index is 13.1. The van der Waals surface area contributed by atoms with E-state index in [4.69, 9.17) is 28.4 Å². The minimum absolute atomic E-state index is 0.373.